The smallest absolute Gasteiger partial charge is 0.156 e. The van der Waals surface area contributed by atoms with Gasteiger partial charge in [-0.25, -0.2) is 0 Å². The van der Waals surface area contributed by atoms with Crippen LogP contribution in [0.25, 0.3) is 10.8 Å². The summed E-state index contributed by atoms with van der Waals surface area (Å²) in [4.78, 5) is 0. The number of aromatic nitrogens is 2. The molecule has 0 atom stereocenters. The lowest BCUT2D eigenvalue weighted by Crippen LogP contribution is -2.01. The average molecular weight is 284 g/mol. The van der Waals surface area contributed by atoms with Crippen molar-refractivity contribution in [2.75, 3.05) is 5.32 Å². The average Bonchev–Trinajstić information content (AvgIpc) is 2.48. The summed E-state index contributed by atoms with van der Waals surface area (Å²) in [6.07, 6.45) is 0. The molecule has 1 aromatic heterocycles. The van der Waals surface area contributed by atoms with E-state index in [0.29, 0.717) is 5.15 Å². The summed E-state index contributed by atoms with van der Waals surface area (Å²) in [7, 11) is 0. The molecule has 0 aliphatic rings. The van der Waals surface area contributed by atoms with E-state index in [1.54, 1.807) is 0 Å². The Kier molecular flexibility index (Phi) is 3.28. The number of nitrogens with zero attached hydrogens (tertiary/aromatic N) is 2. The monoisotopic (exact) mass is 283 g/mol. The predicted octanol–water partition coefficient (Wildman–Crippen LogP) is 4.64. The van der Waals surface area contributed by atoms with Crippen LogP contribution in [-0.4, -0.2) is 10.2 Å². The van der Waals surface area contributed by atoms with Crippen LogP contribution in [0.3, 0.4) is 0 Å². The van der Waals surface area contributed by atoms with Gasteiger partial charge in [-0.1, -0.05) is 41.9 Å². The summed E-state index contributed by atoms with van der Waals surface area (Å²) >= 11 is 5.97. The molecule has 0 saturated carbocycles. The van der Waals surface area contributed by atoms with Crippen LogP contribution >= 0.6 is 11.6 Å². The first-order chi connectivity index (χ1) is 9.65. The molecule has 1 N–H and O–H groups in total. The van der Waals surface area contributed by atoms with Crippen LogP contribution < -0.4 is 5.32 Å². The van der Waals surface area contributed by atoms with Gasteiger partial charge < -0.3 is 5.32 Å². The van der Waals surface area contributed by atoms with Gasteiger partial charge in [-0.15, -0.1) is 10.2 Å². The molecule has 0 radical (unpaired) electrons. The van der Waals surface area contributed by atoms with Gasteiger partial charge in [0.25, 0.3) is 0 Å². The summed E-state index contributed by atoms with van der Waals surface area (Å²) in [5.74, 6) is 0.738. The Labute approximate surface area is 122 Å². The Morgan fingerprint density at radius 2 is 1.65 bits per heavy atom. The van der Waals surface area contributed by atoms with Crippen molar-refractivity contribution in [3.63, 3.8) is 0 Å². The Balaban J connectivity index is 1.99. The quantitative estimate of drug-likeness (QED) is 0.744. The summed E-state index contributed by atoms with van der Waals surface area (Å²) in [6, 6.07) is 14.5. The molecule has 0 aliphatic carbocycles. The van der Waals surface area contributed by atoms with Gasteiger partial charge in [0.15, 0.2) is 11.0 Å². The van der Waals surface area contributed by atoms with E-state index in [2.05, 4.69) is 39.8 Å². The molecular formula is C16H14ClN3. The Bertz CT molecular complexity index is 784. The van der Waals surface area contributed by atoms with Crippen LogP contribution in [0.2, 0.25) is 5.15 Å². The number of hydrogen-bond acceptors (Lipinski definition) is 3. The number of anilines is 2. The number of rotatable bonds is 2. The molecule has 3 nitrogen and oxygen atoms in total. The molecule has 0 fully saturated rings. The molecular weight excluding hydrogens is 270 g/mol. The van der Waals surface area contributed by atoms with Gasteiger partial charge in [0, 0.05) is 5.69 Å². The van der Waals surface area contributed by atoms with E-state index in [1.165, 1.54) is 10.8 Å². The molecule has 0 saturated heterocycles. The van der Waals surface area contributed by atoms with E-state index < -0.39 is 0 Å². The van der Waals surface area contributed by atoms with E-state index in [9.17, 15) is 0 Å². The lowest BCUT2D eigenvalue weighted by Gasteiger charge is -2.11. The highest BCUT2D eigenvalue weighted by Crippen LogP contribution is 2.25. The van der Waals surface area contributed by atoms with Crippen molar-refractivity contribution in [1.82, 2.24) is 10.2 Å². The van der Waals surface area contributed by atoms with Crippen molar-refractivity contribution >= 4 is 33.9 Å². The fourth-order valence-corrected chi connectivity index (χ4v) is 2.28. The van der Waals surface area contributed by atoms with E-state index in [0.717, 1.165) is 22.6 Å². The minimum atomic E-state index is 0.451. The zero-order valence-corrected chi connectivity index (χ0v) is 12.1. The minimum Gasteiger partial charge on any atom is -0.338 e. The molecule has 2 aromatic carbocycles. The van der Waals surface area contributed by atoms with Crippen molar-refractivity contribution < 1.29 is 0 Å². The Hall–Kier alpha value is -2.13. The van der Waals surface area contributed by atoms with Crippen molar-refractivity contribution in [3.8, 4) is 0 Å². The van der Waals surface area contributed by atoms with Crippen molar-refractivity contribution in [1.29, 1.82) is 0 Å². The first-order valence-electron chi connectivity index (χ1n) is 6.40. The molecule has 0 spiro atoms. The number of benzene rings is 2. The summed E-state index contributed by atoms with van der Waals surface area (Å²) in [6.45, 7) is 3.93. The van der Waals surface area contributed by atoms with Gasteiger partial charge >= 0.3 is 0 Å². The third kappa shape index (κ3) is 2.32. The highest BCUT2D eigenvalue weighted by Gasteiger charge is 2.08. The molecule has 0 aliphatic heterocycles. The second kappa shape index (κ2) is 5.10. The third-order valence-electron chi connectivity index (χ3n) is 3.48. The largest absolute Gasteiger partial charge is 0.338 e. The zero-order chi connectivity index (χ0) is 14.1. The molecule has 4 heteroatoms. The van der Waals surface area contributed by atoms with Crippen LogP contribution in [-0.2, 0) is 0 Å². The molecule has 20 heavy (non-hydrogen) atoms. The molecule has 100 valence electrons. The number of fused-ring (bicyclic) bond motifs is 1. The van der Waals surface area contributed by atoms with Gasteiger partial charge in [0.1, 0.15) is 0 Å². The van der Waals surface area contributed by atoms with Crippen molar-refractivity contribution in [2.24, 2.45) is 0 Å². The first kappa shape index (κ1) is 12.9. The third-order valence-corrected chi connectivity index (χ3v) is 3.84. The zero-order valence-electron chi connectivity index (χ0n) is 11.3. The second-order valence-corrected chi connectivity index (χ2v) is 5.13. The Morgan fingerprint density at radius 3 is 2.45 bits per heavy atom. The van der Waals surface area contributed by atoms with E-state index in [4.69, 9.17) is 11.6 Å². The number of hydrogen-bond donors (Lipinski definition) is 1. The van der Waals surface area contributed by atoms with Crippen molar-refractivity contribution in [2.45, 2.75) is 13.8 Å². The standard InChI is InChI=1S/C16H14ClN3/c1-10-11(2)16(20-19-15(10)17)18-14-8-7-12-5-3-4-6-13(12)9-14/h3-9H,1-2H3,(H,18,20). The van der Waals surface area contributed by atoms with Gasteiger partial charge in [-0.3, -0.25) is 0 Å². The molecule has 0 bridgehead atoms. The molecule has 3 rings (SSSR count). The summed E-state index contributed by atoms with van der Waals surface area (Å²) < 4.78 is 0. The number of halogens is 1. The molecule has 0 unspecified atom stereocenters. The normalized spacial score (nSPS) is 10.8. The van der Waals surface area contributed by atoms with Crippen molar-refractivity contribution in [3.05, 3.63) is 58.7 Å². The van der Waals surface area contributed by atoms with E-state index in [-0.39, 0.29) is 0 Å². The van der Waals surface area contributed by atoms with Gasteiger partial charge in [-0.2, -0.15) is 0 Å². The first-order valence-corrected chi connectivity index (χ1v) is 6.78. The summed E-state index contributed by atoms with van der Waals surface area (Å²) in [5.41, 5.74) is 2.95. The maximum Gasteiger partial charge on any atom is 0.156 e. The SMILES string of the molecule is Cc1c(Cl)nnc(Nc2ccc3ccccc3c2)c1C. The van der Waals surface area contributed by atoms with Gasteiger partial charge in [0.2, 0.25) is 0 Å². The van der Waals surface area contributed by atoms with Crippen LogP contribution in [0.1, 0.15) is 11.1 Å². The van der Waals surface area contributed by atoms with E-state index >= 15 is 0 Å². The minimum absolute atomic E-state index is 0.451. The summed E-state index contributed by atoms with van der Waals surface area (Å²) in [5, 5.41) is 14.2. The van der Waals surface area contributed by atoms with Crippen LogP contribution in [0.15, 0.2) is 42.5 Å². The lowest BCUT2D eigenvalue weighted by molar-refractivity contribution is 1.00. The van der Waals surface area contributed by atoms with Gasteiger partial charge in [-0.05, 0) is 47.9 Å². The topological polar surface area (TPSA) is 37.8 Å². The highest BCUT2D eigenvalue weighted by atomic mass is 35.5. The number of nitrogens with one attached hydrogen (secondary N) is 1. The van der Waals surface area contributed by atoms with Gasteiger partial charge in [0.05, 0.1) is 0 Å². The Morgan fingerprint density at radius 1 is 0.900 bits per heavy atom. The van der Waals surface area contributed by atoms with Crippen LogP contribution in [0.5, 0.6) is 0 Å². The highest BCUT2D eigenvalue weighted by molar-refractivity contribution is 6.30. The fraction of sp³-hybridized carbons (Fsp3) is 0.125. The van der Waals surface area contributed by atoms with Crippen LogP contribution in [0.4, 0.5) is 11.5 Å². The maximum absolute atomic E-state index is 5.97. The maximum atomic E-state index is 5.97. The predicted molar refractivity (Wildman–Crippen MR) is 83.7 cm³/mol. The molecule has 3 aromatic rings. The molecule has 0 amide bonds. The lowest BCUT2D eigenvalue weighted by atomic mass is 10.1. The molecule has 1 heterocycles. The van der Waals surface area contributed by atoms with Crippen LogP contribution in [0, 0.1) is 13.8 Å². The second-order valence-electron chi connectivity index (χ2n) is 4.78. The fourth-order valence-electron chi connectivity index (χ4n) is 2.10. The van der Waals surface area contributed by atoms with E-state index in [1.807, 2.05) is 32.0 Å².